The molecule has 1 aliphatic carbocycles. The molecule has 1 aromatic rings. The molecule has 9 nitrogen and oxygen atoms in total. The van der Waals surface area contributed by atoms with Crippen molar-refractivity contribution in [1.82, 2.24) is 15.5 Å². The van der Waals surface area contributed by atoms with Crippen LogP contribution >= 0.6 is 24.0 Å². The highest BCUT2D eigenvalue weighted by molar-refractivity contribution is 14.0. The smallest absolute Gasteiger partial charge is 0.241 e. The minimum absolute atomic E-state index is 0. The lowest BCUT2D eigenvalue weighted by molar-refractivity contribution is -0.127. The van der Waals surface area contributed by atoms with E-state index in [4.69, 9.17) is 9.88 Å². The molecule has 3 rings (SSSR count). The van der Waals surface area contributed by atoms with Crippen molar-refractivity contribution in [3.8, 4) is 0 Å². The molecule has 1 amide bonds. The van der Waals surface area contributed by atoms with Crippen molar-refractivity contribution in [2.45, 2.75) is 43.9 Å². The number of nitrogens with zero attached hydrogens (tertiary/aromatic N) is 2. The maximum atomic E-state index is 12.0. The quantitative estimate of drug-likeness (QED) is 0.267. The molecule has 4 N–H and O–H groups in total. The molecule has 1 saturated carbocycles. The number of benzene rings is 1. The number of hydrogen-bond donors (Lipinski definition) is 3. The number of halogens is 1. The van der Waals surface area contributed by atoms with Crippen molar-refractivity contribution in [1.29, 1.82) is 0 Å². The summed E-state index contributed by atoms with van der Waals surface area (Å²) in [6.07, 6.45) is 1.25. The van der Waals surface area contributed by atoms with Crippen molar-refractivity contribution < 1.29 is 17.9 Å². The Morgan fingerprint density at radius 1 is 1.29 bits per heavy atom. The third-order valence-electron chi connectivity index (χ3n) is 5.97. The van der Waals surface area contributed by atoms with Gasteiger partial charge in [-0.05, 0) is 24.1 Å². The van der Waals surface area contributed by atoms with Crippen molar-refractivity contribution in [3.63, 3.8) is 0 Å². The Balaban J connectivity index is 0.00000341. The molecule has 174 valence electrons. The second-order valence-corrected chi connectivity index (χ2v) is 10.2. The highest BCUT2D eigenvalue weighted by Gasteiger charge is 2.59. The van der Waals surface area contributed by atoms with E-state index in [9.17, 15) is 13.2 Å². The fourth-order valence-electron chi connectivity index (χ4n) is 4.19. The molecule has 0 spiro atoms. The highest BCUT2D eigenvalue weighted by atomic mass is 127. The summed E-state index contributed by atoms with van der Waals surface area (Å²) < 4.78 is 28.7. The molecule has 3 atom stereocenters. The predicted octanol–water partition coefficient (Wildman–Crippen LogP) is 0.889. The number of nitrogens with two attached hydrogens (primary N) is 1. The maximum absolute atomic E-state index is 12.0. The summed E-state index contributed by atoms with van der Waals surface area (Å²) in [4.78, 5) is 18.2. The van der Waals surface area contributed by atoms with E-state index in [1.807, 2.05) is 0 Å². The lowest BCUT2D eigenvalue weighted by Gasteiger charge is -2.54. The predicted molar refractivity (Wildman–Crippen MR) is 130 cm³/mol. The van der Waals surface area contributed by atoms with Gasteiger partial charge in [0.05, 0.1) is 24.1 Å². The van der Waals surface area contributed by atoms with Gasteiger partial charge in [0.25, 0.3) is 0 Å². The van der Waals surface area contributed by atoms with Gasteiger partial charge in [0, 0.05) is 38.1 Å². The summed E-state index contributed by atoms with van der Waals surface area (Å²) in [6.45, 7) is 5.57. The number of nitrogens with one attached hydrogen (secondary N) is 2. The van der Waals surface area contributed by atoms with Crippen molar-refractivity contribution in [2.75, 3.05) is 27.2 Å². The lowest BCUT2D eigenvalue weighted by atomic mass is 9.57. The molecule has 1 aliphatic heterocycles. The van der Waals surface area contributed by atoms with E-state index in [2.05, 4.69) is 29.5 Å². The van der Waals surface area contributed by atoms with Crippen LogP contribution in [0.2, 0.25) is 0 Å². The summed E-state index contributed by atoms with van der Waals surface area (Å²) in [5.41, 5.74) is 0.795. The molecular weight excluding hydrogens is 533 g/mol. The molecule has 0 radical (unpaired) electrons. The zero-order chi connectivity index (χ0) is 22.1. The fourth-order valence-corrected chi connectivity index (χ4v) is 4.70. The molecule has 3 unspecified atom stereocenters. The number of aliphatic imine (C=N–C) groups is 1. The number of sulfonamides is 1. The Hall–Kier alpha value is -1.44. The molecule has 1 heterocycles. The normalized spacial score (nSPS) is 24.4. The molecule has 1 aromatic carbocycles. The molecular formula is C20H32IN5O4S. The third kappa shape index (κ3) is 5.88. The van der Waals surface area contributed by atoms with Crippen molar-refractivity contribution in [3.05, 3.63) is 29.8 Å². The van der Waals surface area contributed by atoms with Crippen LogP contribution in [0.3, 0.4) is 0 Å². The third-order valence-corrected chi connectivity index (χ3v) is 6.90. The van der Waals surface area contributed by atoms with Gasteiger partial charge in [0.2, 0.25) is 15.9 Å². The largest absolute Gasteiger partial charge is 0.377 e. The second kappa shape index (κ2) is 10.0. The minimum atomic E-state index is -3.72. The average molecular weight is 565 g/mol. The summed E-state index contributed by atoms with van der Waals surface area (Å²) >= 11 is 0. The SMILES string of the molecule is CN(C)C(=O)CNC(=NCc1ccc(S(N)(=O)=O)cc1)NC1C2CCOC2C1(C)C.I. The van der Waals surface area contributed by atoms with Gasteiger partial charge in [-0.1, -0.05) is 26.0 Å². The Bertz CT molecular complexity index is 918. The molecule has 1 saturated heterocycles. The van der Waals surface area contributed by atoms with Gasteiger partial charge in [0.1, 0.15) is 0 Å². The van der Waals surface area contributed by atoms with Crippen LogP contribution in [0.4, 0.5) is 0 Å². The Morgan fingerprint density at radius 3 is 2.52 bits per heavy atom. The number of guanidine groups is 1. The minimum Gasteiger partial charge on any atom is -0.377 e. The number of fused-ring (bicyclic) bond motifs is 1. The van der Waals surface area contributed by atoms with Crippen molar-refractivity contribution >= 4 is 45.9 Å². The summed E-state index contributed by atoms with van der Waals surface area (Å²) in [5, 5.41) is 11.7. The average Bonchev–Trinajstić information content (AvgIpc) is 3.13. The van der Waals surface area contributed by atoms with Crippen LogP contribution in [-0.4, -0.2) is 64.6 Å². The van der Waals surface area contributed by atoms with E-state index in [1.54, 1.807) is 26.2 Å². The van der Waals surface area contributed by atoms with E-state index >= 15 is 0 Å². The standard InChI is InChI=1S/C20H31N5O4S.HI/c1-20(2)17(15-9-10-29-18(15)20)24-19(23-12-16(26)25(3)4)22-11-13-5-7-14(8-6-13)30(21,27)28;/h5-8,15,17-18H,9-12H2,1-4H3,(H2,21,27,28)(H2,22,23,24);1H. The zero-order valence-corrected chi connectivity index (χ0v) is 21.4. The number of carbonyl (C=O) groups is 1. The highest BCUT2D eigenvalue weighted by Crippen LogP contribution is 2.52. The number of likely N-dealkylation sites (N-methyl/N-ethyl adjacent to an activating group) is 1. The van der Waals surface area contributed by atoms with Crippen LogP contribution in [0.25, 0.3) is 0 Å². The molecule has 11 heteroatoms. The molecule has 0 aromatic heterocycles. The summed E-state index contributed by atoms with van der Waals surface area (Å²) in [6, 6.07) is 6.48. The number of ether oxygens (including phenoxy) is 1. The van der Waals surface area contributed by atoms with Crippen LogP contribution in [0.1, 0.15) is 25.8 Å². The van der Waals surface area contributed by atoms with E-state index in [0.717, 1.165) is 18.6 Å². The van der Waals surface area contributed by atoms with E-state index in [0.29, 0.717) is 18.4 Å². The van der Waals surface area contributed by atoms with Crippen LogP contribution in [0.5, 0.6) is 0 Å². The number of primary sulfonamides is 1. The first-order valence-corrected chi connectivity index (χ1v) is 11.5. The Labute approximate surface area is 201 Å². The van der Waals surface area contributed by atoms with E-state index in [-0.39, 0.29) is 58.9 Å². The maximum Gasteiger partial charge on any atom is 0.241 e. The van der Waals surface area contributed by atoms with Crippen LogP contribution in [0, 0.1) is 11.3 Å². The first kappa shape index (κ1) is 25.8. The Morgan fingerprint density at radius 2 is 1.94 bits per heavy atom. The molecule has 2 aliphatic rings. The molecule has 31 heavy (non-hydrogen) atoms. The topological polar surface area (TPSA) is 126 Å². The first-order chi connectivity index (χ1) is 14.0. The van der Waals surface area contributed by atoms with Crippen molar-refractivity contribution in [2.24, 2.45) is 21.5 Å². The summed E-state index contributed by atoms with van der Waals surface area (Å²) in [7, 11) is -0.314. The monoisotopic (exact) mass is 565 g/mol. The van der Waals surface area contributed by atoms with E-state index < -0.39 is 10.0 Å². The second-order valence-electron chi connectivity index (χ2n) is 8.68. The lowest BCUT2D eigenvalue weighted by Crippen LogP contribution is -2.68. The van der Waals surface area contributed by atoms with Gasteiger partial charge in [-0.25, -0.2) is 18.5 Å². The first-order valence-electron chi connectivity index (χ1n) is 9.98. The van der Waals surface area contributed by atoms with Gasteiger partial charge >= 0.3 is 0 Å². The van der Waals surface area contributed by atoms with Gasteiger partial charge in [-0.15, -0.1) is 24.0 Å². The molecule has 2 fully saturated rings. The van der Waals surface area contributed by atoms with Crippen LogP contribution in [0.15, 0.2) is 34.2 Å². The number of rotatable bonds is 6. The van der Waals surface area contributed by atoms with Gasteiger partial charge < -0.3 is 20.3 Å². The van der Waals surface area contributed by atoms with Gasteiger partial charge in [0.15, 0.2) is 5.96 Å². The Kier molecular flexibility index (Phi) is 8.33. The fraction of sp³-hybridized carbons (Fsp3) is 0.600. The molecule has 0 bridgehead atoms. The number of hydrogen-bond acceptors (Lipinski definition) is 5. The van der Waals surface area contributed by atoms with Crippen LogP contribution in [-0.2, 0) is 26.1 Å². The summed E-state index contributed by atoms with van der Waals surface area (Å²) in [5.74, 6) is 0.909. The van der Waals surface area contributed by atoms with E-state index in [1.165, 1.54) is 17.0 Å². The van der Waals surface area contributed by atoms with Gasteiger partial charge in [-0.2, -0.15) is 0 Å². The number of carbonyl (C=O) groups excluding carboxylic acids is 1. The van der Waals surface area contributed by atoms with Gasteiger partial charge in [-0.3, -0.25) is 4.79 Å². The number of amides is 1. The zero-order valence-electron chi connectivity index (χ0n) is 18.3. The van der Waals surface area contributed by atoms with Crippen LogP contribution < -0.4 is 15.8 Å².